The molecule has 1 aliphatic carbocycles. The number of hydrogen-bond acceptors (Lipinski definition) is 5. The van der Waals surface area contributed by atoms with E-state index in [2.05, 4.69) is 23.9 Å². The molecular weight excluding hydrogens is 318 g/mol. The van der Waals surface area contributed by atoms with Crippen LogP contribution in [0.25, 0.3) is 0 Å². The molecule has 0 aromatic carbocycles. The molecule has 6 nitrogen and oxygen atoms in total. The minimum Gasteiger partial charge on any atom is -0.466 e. The molecule has 1 fully saturated rings. The molecular formula is C19H25N3O3. The van der Waals surface area contributed by atoms with E-state index in [1.807, 2.05) is 20.9 Å². The topological polar surface area (TPSA) is 73.6 Å². The highest BCUT2D eigenvalue weighted by molar-refractivity contribution is 6.12. The Morgan fingerprint density at radius 3 is 2.52 bits per heavy atom. The average Bonchev–Trinajstić information content (AvgIpc) is 2.83. The first-order valence-corrected chi connectivity index (χ1v) is 8.54. The van der Waals surface area contributed by atoms with E-state index in [1.54, 1.807) is 10.9 Å². The predicted octanol–water partition coefficient (Wildman–Crippen LogP) is 2.72. The third kappa shape index (κ3) is 2.83. The van der Waals surface area contributed by atoms with Crippen molar-refractivity contribution in [2.45, 2.75) is 46.5 Å². The molecule has 1 aromatic rings. The van der Waals surface area contributed by atoms with E-state index < -0.39 is 11.9 Å². The monoisotopic (exact) mass is 343 g/mol. The van der Waals surface area contributed by atoms with Crippen LogP contribution in [0.4, 0.5) is 0 Å². The van der Waals surface area contributed by atoms with Crippen LogP contribution < -0.4 is 0 Å². The number of hydrogen-bond donors (Lipinski definition) is 0. The zero-order chi connectivity index (χ0) is 18.5. The smallest absolute Gasteiger partial charge is 0.336 e. The molecule has 0 radical (unpaired) electrons. The third-order valence-corrected chi connectivity index (χ3v) is 5.38. The Bertz CT molecular complexity index is 814. The van der Waals surface area contributed by atoms with Gasteiger partial charge in [-0.05, 0) is 25.7 Å². The van der Waals surface area contributed by atoms with Crippen LogP contribution in [0.3, 0.4) is 0 Å². The molecule has 2 aliphatic rings. The first-order valence-electron chi connectivity index (χ1n) is 8.54. The van der Waals surface area contributed by atoms with Crippen LogP contribution in [-0.4, -0.2) is 34.4 Å². The second-order valence-electron chi connectivity index (χ2n) is 7.84. The van der Waals surface area contributed by atoms with Gasteiger partial charge < -0.3 is 4.74 Å². The highest BCUT2D eigenvalue weighted by atomic mass is 16.5. The van der Waals surface area contributed by atoms with Crippen molar-refractivity contribution >= 4 is 17.5 Å². The molecule has 0 bridgehead atoms. The zero-order valence-electron chi connectivity index (χ0n) is 15.7. The fraction of sp³-hybridized carbons (Fsp3) is 0.579. The number of aliphatic imine (C=N–C) groups is 1. The maximum Gasteiger partial charge on any atom is 0.336 e. The van der Waals surface area contributed by atoms with Gasteiger partial charge in [-0.2, -0.15) is 5.10 Å². The number of aryl methyl sites for hydroxylation is 1. The number of allylic oxidation sites excluding steroid dienone is 1. The van der Waals surface area contributed by atoms with Gasteiger partial charge in [-0.15, -0.1) is 0 Å². The molecule has 1 unspecified atom stereocenters. The van der Waals surface area contributed by atoms with Crippen molar-refractivity contribution in [2.75, 3.05) is 7.11 Å². The van der Waals surface area contributed by atoms with E-state index in [1.165, 1.54) is 7.11 Å². The third-order valence-electron chi connectivity index (χ3n) is 5.38. The molecule has 134 valence electrons. The highest BCUT2D eigenvalue weighted by Crippen LogP contribution is 2.47. The van der Waals surface area contributed by atoms with Gasteiger partial charge in [0.1, 0.15) is 5.78 Å². The predicted molar refractivity (Wildman–Crippen MR) is 94.3 cm³/mol. The van der Waals surface area contributed by atoms with Crippen LogP contribution >= 0.6 is 0 Å². The molecule has 0 amide bonds. The lowest BCUT2D eigenvalue weighted by Crippen LogP contribution is -2.44. The Morgan fingerprint density at radius 2 is 1.96 bits per heavy atom. The molecule has 6 heteroatoms. The van der Waals surface area contributed by atoms with Gasteiger partial charge in [0, 0.05) is 42.1 Å². The summed E-state index contributed by atoms with van der Waals surface area (Å²) < 4.78 is 6.78. The standard InChI is InChI=1S/C19H25N3O3/c1-10-15(18(24)25-6)16(12-9-20-22(5)11(12)2)17-13(21-10)7-19(3,4)8-14(17)23/h9,16-17H,7-8H2,1-6H3/t16-,17?/m0/s1. The van der Waals surface area contributed by atoms with Gasteiger partial charge in [-0.1, -0.05) is 13.8 Å². The number of Topliss-reactive ketones (excluding diaryl/α,β-unsaturated/α-hetero) is 1. The summed E-state index contributed by atoms with van der Waals surface area (Å²) in [6.07, 6.45) is 3.00. The molecule has 0 N–H and O–H groups in total. The Morgan fingerprint density at radius 1 is 1.28 bits per heavy atom. The second kappa shape index (κ2) is 5.93. The minimum atomic E-state index is -0.425. The first-order chi connectivity index (χ1) is 11.7. The lowest BCUT2D eigenvalue weighted by molar-refractivity contribution is -0.136. The summed E-state index contributed by atoms with van der Waals surface area (Å²) in [7, 11) is 3.22. The Balaban J connectivity index is 2.21. The number of aromatic nitrogens is 2. The van der Waals surface area contributed by atoms with Gasteiger partial charge in [0.25, 0.3) is 0 Å². The number of ether oxygens (including phenoxy) is 1. The van der Waals surface area contributed by atoms with Crippen molar-refractivity contribution < 1.29 is 14.3 Å². The molecule has 1 aromatic heterocycles. The summed E-state index contributed by atoms with van der Waals surface area (Å²) >= 11 is 0. The van der Waals surface area contributed by atoms with Gasteiger partial charge in [0.15, 0.2) is 0 Å². The van der Waals surface area contributed by atoms with Gasteiger partial charge in [0.2, 0.25) is 0 Å². The number of carbonyl (C=O) groups excluding carboxylic acids is 2. The normalized spacial score (nSPS) is 25.5. The van der Waals surface area contributed by atoms with Crippen LogP contribution in [0.2, 0.25) is 0 Å². The number of fused-ring (bicyclic) bond motifs is 1. The minimum absolute atomic E-state index is 0.107. The molecule has 2 heterocycles. The molecule has 0 saturated heterocycles. The van der Waals surface area contributed by atoms with Gasteiger partial charge >= 0.3 is 5.97 Å². The van der Waals surface area contributed by atoms with Crippen LogP contribution in [0, 0.1) is 18.3 Å². The maximum absolute atomic E-state index is 13.0. The lowest BCUT2D eigenvalue weighted by Gasteiger charge is -2.40. The molecule has 3 rings (SSSR count). The summed E-state index contributed by atoms with van der Waals surface area (Å²) in [6, 6.07) is 0. The molecule has 1 aliphatic heterocycles. The lowest BCUT2D eigenvalue weighted by atomic mass is 9.63. The van der Waals surface area contributed by atoms with E-state index in [0.717, 1.165) is 23.4 Å². The van der Waals surface area contributed by atoms with Crippen LogP contribution in [0.1, 0.15) is 50.8 Å². The molecule has 25 heavy (non-hydrogen) atoms. The Hall–Kier alpha value is -2.24. The summed E-state index contributed by atoms with van der Waals surface area (Å²) in [5, 5.41) is 4.32. The van der Waals surface area contributed by atoms with E-state index in [0.29, 0.717) is 17.7 Å². The highest BCUT2D eigenvalue weighted by Gasteiger charge is 2.48. The molecule has 0 spiro atoms. The quantitative estimate of drug-likeness (QED) is 0.774. The van der Waals surface area contributed by atoms with Gasteiger partial charge in [0.05, 0.1) is 24.8 Å². The SMILES string of the molecule is COC(=O)C1=C(C)N=C2CC(C)(C)CC(=O)C2[C@H]1c1cnn(C)c1C. The fourth-order valence-corrected chi connectivity index (χ4v) is 4.13. The van der Waals surface area contributed by atoms with Crippen LogP contribution in [-0.2, 0) is 21.4 Å². The van der Waals surface area contributed by atoms with E-state index in [4.69, 9.17) is 4.74 Å². The van der Waals surface area contributed by atoms with Gasteiger partial charge in [-0.25, -0.2) is 4.79 Å². The summed E-state index contributed by atoms with van der Waals surface area (Å²) in [5.74, 6) is -1.07. The number of ketones is 1. The largest absolute Gasteiger partial charge is 0.466 e. The summed E-state index contributed by atoms with van der Waals surface area (Å²) in [5.41, 5.74) is 3.71. The van der Waals surface area contributed by atoms with Crippen molar-refractivity contribution in [1.82, 2.24) is 9.78 Å². The van der Waals surface area contributed by atoms with Crippen molar-refractivity contribution in [1.29, 1.82) is 0 Å². The zero-order valence-corrected chi connectivity index (χ0v) is 15.7. The number of nitrogens with zero attached hydrogens (tertiary/aromatic N) is 3. The number of carbonyl (C=O) groups is 2. The number of methoxy groups -OCH3 is 1. The first kappa shape index (κ1) is 17.6. The van der Waals surface area contributed by atoms with E-state index in [9.17, 15) is 9.59 Å². The van der Waals surface area contributed by atoms with Gasteiger partial charge in [-0.3, -0.25) is 14.5 Å². The maximum atomic E-state index is 13.0. The summed E-state index contributed by atoms with van der Waals surface area (Å²) in [6.45, 7) is 7.95. The van der Waals surface area contributed by atoms with Crippen LogP contribution in [0.15, 0.2) is 22.5 Å². The average molecular weight is 343 g/mol. The van der Waals surface area contributed by atoms with Crippen molar-refractivity contribution in [3.05, 3.63) is 28.7 Å². The molecule has 2 atom stereocenters. The molecule has 1 saturated carbocycles. The van der Waals surface area contributed by atoms with Crippen LogP contribution in [0.5, 0.6) is 0 Å². The number of rotatable bonds is 2. The fourth-order valence-electron chi connectivity index (χ4n) is 4.13. The second-order valence-corrected chi connectivity index (χ2v) is 7.84. The van der Waals surface area contributed by atoms with Crippen molar-refractivity contribution in [3.63, 3.8) is 0 Å². The van der Waals surface area contributed by atoms with Crippen molar-refractivity contribution in [3.8, 4) is 0 Å². The Kier molecular flexibility index (Phi) is 4.17. The van der Waals surface area contributed by atoms with E-state index >= 15 is 0 Å². The summed E-state index contributed by atoms with van der Waals surface area (Å²) in [4.78, 5) is 30.2. The van der Waals surface area contributed by atoms with Crippen molar-refractivity contribution in [2.24, 2.45) is 23.4 Å². The van der Waals surface area contributed by atoms with E-state index in [-0.39, 0.29) is 17.1 Å². The number of esters is 1. The Labute approximate surface area is 148 Å².